The van der Waals surface area contributed by atoms with Gasteiger partial charge in [-0.15, -0.1) is 0 Å². The van der Waals surface area contributed by atoms with Gasteiger partial charge < -0.3 is 15.0 Å². The van der Waals surface area contributed by atoms with Crippen LogP contribution >= 0.6 is 0 Å². The number of hydrogen-bond acceptors (Lipinski definition) is 5. The van der Waals surface area contributed by atoms with E-state index in [4.69, 9.17) is 4.74 Å². The van der Waals surface area contributed by atoms with Gasteiger partial charge in [0.25, 0.3) is 0 Å². The second-order valence-corrected chi connectivity index (χ2v) is 8.35. The van der Waals surface area contributed by atoms with Crippen LogP contribution in [0.5, 0.6) is 5.75 Å². The van der Waals surface area contributed by atoms with E-state index in [1.807, 2.05) is 6.07 Å². The summed E-state index contributed by atoms with van der Waals surface area (Å²) in [6.07, 6.45) is 0.0968. The Labute approximate surface area is 169 Å². The van der Waals surface area contributed by atoms with Gasteiger partial charge in [-0.3, -0.25) is 9.59 Å². The van der Waals surface area contributed by atoms with E-state index in [0.717, 1.165) is 0 Å². The molecule has 2 N–H and O–H groups in total. The average molecular weight is 417 g/mol. The third kappa shape index (κ3) is 4.93. The number of nitrogens with one attached hydrogen (secondary N) is 2. The molecule has 2 amide bonds. The van der Waals surface area contributed by atoms with Crippen molar-refractivity contribution < 1.29 is 22.7 Å². The Hall–Kier alpha value is -2.91. The van der Waals surface area contributed by atoms with Gasteiger partial charge in [-0.1, -0.05) is 30.3 Å². The fourth-order valence-corrected chi connectivity index (χ4v) is 4.22. The number of rotatable bonds is 8. The lowest BCUT2D eigenvalue weighted by atomic mass is 10.1. The molecule has 2 aromatic carbocycles. The lowest BCUT2D eigenvalue weighted by Gasteiger charge is -2.19. The van der Waals surface area contributed by atoms with Gasteiger partial charge in [0.2, 0.25) is 21.8 Å². The first-order chi connectivity index (χ1) is 13.9. The van der Waals surface area contributed by atoms with Crippen LogP contribution in [0.15, 0.2) is 59.5 Å². The van der Waals surface area contributed by atoms with Crippen LogP contribution in [-0.2, 0) is 19.6 Å². The molecule has 29 heavy (non-hydrogen) atoms. The highest BCUT2D eigenvalue weighted by atomic mass is 32.2. The molecule has 0 aliphatic carbocycles. The van der Waals surface area contributed by atoms with Crippen molar-refractivity contribution in [3.05, 3.63) is 54.6 Å². The zero-order chi connectivity index (χ0) is 20.9. The van der Waals surface area contributed by atoms with Crippen LogP contribution in [0.2, 0.25) is 0 Å². The van der Waals surface area contributed by atoms with Crippen LogP contribution in [0.3, 0.4) is 0 Å². The summed E-state index contributed by atoms with van der Waals surface area (Å²) in [5.41, 5.74) is 0.630. The minimum absolute atomic E-state index is 0.0554. The summed E-state index contributed by atoms with van der Waals surface area (Å²) in [5.74, 6) is -0.371. The van der Waals surface area contributed by atoms with Crippen molar-refractivity contribution in [1.29, 1.82) is 0 Å². The maximum Gasteiger partial charge on any atom is 0.240 e. The molecule has 0 bridgehead atoms. The Bertz CT molecular complexity index is 979. The summed E-state index contributed by atoms with van der Waals surface area (Å²) in [6, 6.07) is 15.2. The highest BCUT2D eigenvalue weighted by Crippen LogP contribution is 2.32. The summed E-state index contributed by atoms with van der Waals surface area (Å²) < 4.78 is 32.0. The van der Waals surface area contributed by atoms with Crippen molar-refractivity contribution >= 4 is 27.5 Å². The Balaban J connectivity index is 1.51. The normalized spacial score (nSPS) is 16.7. The van der Waals surface area contributed by atoms with Gasteiger partial charge in [0.15, 0.2) is 0 Å². The molecule has 1 aliphatic rings. The number of methoxy groups -OCH3 is 1. The maximum absolute atomic E-state index is 12.4. The number of carbonyl (C=O) groups excluding carboxylic acids is 2. The minimum Gasteiger partial charge on any atom is -0.495 e. The molecule has 154 valence electrons. The fraction of sp³-hybridized carbons (Fsp3) is 0.300. The van der Waals surface area contributed by atoms with E-state index < -0.39 is 15.9 Å². The van der Waals surface area contributed by atoms with Crippen LogP contribution < -0.4 is 19.7 Å². The molecule has 1 aliphatic heterocycles. The molecular weight excluding hydrogens is 394 g/mol. The number of sulfonamides is 1. The third-order valence-corrected chi connectivity index (χ3v) is 6.12. The van der Waals surface area contributed by atoms with Crippen molar-refractivity contribution in [1.82, 2.24) is 10.0 Å². The average Bonchev–Trinajstić information content (AvgIpc) is 3.13. The van der Waals surface area contributed by atoms with Gasteiger partial charge in [-0.2, -0.15) is 0 Å². The minimum atomic E-state index is -3.62. The van der Waals surface area contributed by atoms with E-state index >= 15 is 0 Å². The van der Waals surface area contributed by atoms with Crippen molar-refractivity contribution in [2.24, 2.45) is 5.92 Å². The van der Waals surface area contributed by atoms with Crippen LogP contribution in [0.1, 0.15) is 6.42 Å². The Morgan fingerprint density at radius 3 is 2.52 bits per heavy atom. The molecular formula is C20H23N3O5S. The summed E-state index contributed by atoms with van der Waals surface area (Å²) in [4.78, 5) is 26.5. The van der Waals surface area contributed by atoms with Crippen molar-refractivity contribution in [3.8, 4) is 5.75 Å². The van der Waals surface area contributed by atoms with Crippen molar-refractivity contribution in [2.45, 2.75) is 11.3 Å². The quantitative estimate of drug-likeness (QED) is 0.627. The van der Waals surface area contributed by atoms with Gasteiger partial charge in [0, 0.05) is 26.1 Å². The Kier molecular flexibility index (Phi) is 6.50. The van der Waals surface area contributed by atoms with Gasteiger partial charge in [-0.25, -0.2) is 13.1 Å². The van der Waals surface area contributed by atoms with E-state index in [-0.39, 0.29) is 42.8 Å². The van der Waals surface area contributed by atoms with Crippen LogP contribution in [0.25, 0.3) is 0 Å². The molecule has 2 aromatic rings. The molecule has 0 aromatic heterocycles. The van der Waals surface area contributed by atoms with Crippen LogP contribution in [0, 0.1) is 5.92 Å². The molecule has 0 unspecified atom stereocenters. The first-order valence-corrected chi connectivity index (χ1v) is 10.7. The number of ether oxygens (including phenoxy) is 1. The second-order valence-electron chi connectivity index (χ2n) is 6.58. The van der Waals surface area contributed by atoms with Gasteiger partial charge >= 0.3 is 0 Å². The smallest absolute Gasteiger partial charge is 0.240 e. The maximum atomic E-state index is 12.4. The topological polar surface area (TPSA) is 105 Å². The molecule has 0 radical (unpaired) electrons. The first-order valence-electron chi connectivity index (χ1n) is 9.18. The number of hydrogen-bond donors (Lipinski definition) is 2. The lowest BCUT2D eigenvalue weighted by molar-refractivity contribution is -0.126. The molecule has 1 atom stereocenters. The van der Waals surface area contributed by atoms with Crippen molar-refractivity contribution in [3.63, 3.8) is 0 Å². The summed E-state index contributed by atoms with van der Waals surface area (Å²) >= 11 is 0. The van der Waals surface area contributed by atoms with E-state index in [9.17, 15) is 18.0 Å². The molecule has 0 spiro atoms. The van der Waals surface area contributed by atoms with Gasteiger partial charge in [0.05, 0.1) is 23.6 Å². The Morgan fingerprint density at radius 1 is 1.10 bits per heavy atom. The molecule has 3 rings (SSSR count). The molecule has 1 saturated heterocycles. The zero-order valence-electron chi connectivity index (χ0n) is 16.0. The number of amides is 2. The van der Waals surface area contributed by atoms with E-state index in [1.54, 1.807) is 41.3 Å². The number of benzene rings is 2. The molecule has 8 nitrogen and oxygen atoms in total. The van der Waals surface area contributed by atoms with Crippen molar-refractivity contribution in [2.75, 3.05) is 31.6 Å². The summed E-state index contributed by atoms with van der Waals surface area (Å²) in [5, 5.41) is 2.69. The van der Waals surface area contributed by atoms with Gasteiger partial charge in [-0.05, 0) is 24.3 Å². The number of para-hydroxylation sites is 2. The lowest BCUT2D eigenvalue weighted by Crippen LogP contribution is -2.38. The highest BCUT2D eigenvalue weighted by Gasteiger charge is 2.36. The molecule has 9 heteroatoms. The summed E-state index contributed by atoms with van der Waals surface area (Å²) in [6.45, 7) is 0.435. The first kappa shape index (κ1) is 20.8. The standard InChI is InChI=1S/C20H23N3O5S/c1-28-18-10-6-5-9-17(18)23-14-15(13-19(23)24)20(25)21-11-12-22-29(26,27)16-7-3-2-4-8-16/h2-10,15,22H,11-14H2,1H3,(H,21,25)/t15-/m0/s1. The third-order valence-electron chi connectivity index (χ3n) is 4.64. The summed E-state index contributed by atoms with van der Waals surface area (Å²) in [7, 11) is -2.09. The fourth-order valence-electron chi connectivity index (χ4n) is 3.17. The van der Waals surface area contributed by atoms with E-state index in [2.05, 4.69) is 10.0 Å². The Morgan fingerprint density at radius 2 is 1.79 bits per heavy atom. The molecule has 1 heterocycles. The number of nitrogens with zero attached hydrogens (tertiary/aromatic N) is 1. The van der Waals surface area contributed by atoms with E-state index in [1.165, 1.54) is 19.2 Å². The van der Waals surface area contributed by atoms with Crippen LogP contribution in [-0.4, -0.2) is 47.0 Å². The largest absolute Gasteiger partial charge is 0.495 e. The number of carbonyl (C=O) groups is 2. The SMILES string of the molecule is COc1ccccc1N1C[C@@H](C(=O)NCCNS(=O)(=O)c2ccccc2)CC1=O. The molecule has 1 fully saturated rings. The zero-order valence-corrected chi connectivity index (χ0v) is 16.8. The van der Waals surface area contributed by atoms with Crippen LogP contribution in [0.4, 0.5) is 5.69 Å². The monoisotopic (exact) mass is 417 g/mol. The number of anilines is 1. The van der Waals surface area contributed by atoms with E-state index in [0.29, 0.717) is 11.4 Å². The predicted molar refractivity (Wildman–Crippen MR) is 108 cm³/mol. The predicted octanol–water partition coefficient (Wildman–Crippen LogP) is 1.14. The second kappa shape index (κ2) is 9.06. The van der Waals surface area contributed by atoms with Gasteiger partial charge in [0.1, 0.15) is 5.75 Å². The highest BCUT2D eigenvalue weighted by molar-refractivity contribution is 7.89. The molecule has 0 saturated carbocycles.